The quantitative estimate of drug-likeness (QED) is 0.508. The highest BCUT2D eigenvalue weighted by Crippen LogP contribution is 2.22. The lowest BCUT2D eigenvalue weighted by Gasteiger charge is -2.29. The molecule has 0 aliphatic heterocycles. The molecular weight excluding hydrogens is 242 g/mol. The Hall–Kier alpha value is -0.560. The van der Waals surface area contributed by atoms with Crippen LogP contribution in [0.4, 0.5) is 0 Å². The Bertz CT molecular complexity index is 312. The second-order valence-electron chi connectivity index (χ2n) is 6.95. The maximum Gasteiger partial charge on any atom is 0.00500 e. The van der Waals surface area contributed by atoms with E-state index in [4.69, 9.17) is 0 Å². The van der Waals surface area contributed by atoms with E-state index < -0.39 is 0 Å². The molecule has 1 nitrogen and oxygen atoms in total. The number of hydrogen-bond donors (Lipinski definition) is 0. The van der Waals surface area contributed by atoms with Crippen molar-refractivity contribution < 1.29 is 0 Å². The molecule has 0 heterocycles. The molecule has 0 bridgehead atoms. The molecule has 0 amide bonds. The van der Waals surface area contributed by atoms with E-state index in [1.165, 1.54) is 38.6 Å². The highest BCUT2D eigenvalue weighted by atomic mass is 15.1. The first kappa shape index (κ1) is 17.5. The third-order valence-corrected chi connectivity index (χ3v) is 4.37. The van der Waals surface area contributed by atoms with Crippen LogP contribution in [-0.2, 0) is 0 Å². The molecule has 0 saturated carbocycles. The molecule has 1 atom stereocenters. The van der Waals surface area contributed by atoms with Crippen molar-refractivity contribution in [1.29, 1.82) is 0 Å². The minimum atomic E-state index is 0.662. The van der Waals surface area contributed by atoms with E-state index in [0.717, 1.165) is 18.4 Å². The lowest BCUT2D eigenvalue weighted by molar-refractivity contribution is 0.211. The van der Waals surface area contributed by atoms with Crippen LogP contribution >= 0.6 is 0 Å². The summed E-state index contributed by atoms with van der Waals surface area (Å²) in [5, 5.41) is 0. The molecule has 1 rings (SSSR count). The van der Waals surface area contributed by atoms with Crippen LogP contribution in [0.3, 0.4) is 0 Å². The van der Waals surface area contributed by atoms with Gasteiger partial charge in [0.15, 0.2) is 0 Å². The zero-order valence-corrected chi connectivity index (χ0v) is 14.4. The summed E-state index contributed by atoms with van der Waals surface area (Å²) in [5.41, 5.74) is 1.57. The zero-order valence-electron chi connectivity index (χ0n) is 14.4. The Labute approximate surface area is 127 Å². The van der Waals surface area contributed by atoms with Crippen LogP contribution in [0.25, 0.3) is 0 Å². The van der Waals surface area contributed by atoms with Crippen molar-refractivity contribution in [3.63, 3.8) is 0 Å². The van der Waals surface area contributed by atoms with E-state index >= 15 is 0 Å². The largest absolute Gasteiger partial charge is 0.301 e. The second-order valence-corrected chi connectivity index (χ2v) is 6.95. The zero-order chi connectivity index (χ0) is 15.0. The topological polar surface area (TPSA) is 3.24 Å². The van der Waals surface area contributed by atoms with Crippen LogP contribution in [0.5, 0.6) is 0 Å². The molecule has 0 aromatic rings. The Morgan fingerprint density at radius 2 is 1.95 bits per heavy atom. The van der Waals surface area contributed by atoms with Gasteiger partial charge in [0, 0.05) is 12.6 Å². The summed E-state index contributed by atoms with van der Waals surface area (Å²) in [7, 11) is 0. The predicted octanol–water partition coefficient (Wildman–Crippen LogP) is 5.44. The number of nitrogens with zero attached hydrogens (tertiary/aromatic N) is 1. The summed E-state index contributed by atoms with van der Waals surface area (Å²) in [6, 6.07) is 0.662. The predicted molar refractivity (Wildman–Crippen MR) is 91.0 cm³/mol. The van der Waals surface area contributed by atoms with Crippen molar-refractivity contribution in [2.24, 2.45) is 11.8 Å². The summed E-state index contributed by atoms with van der Waals surface area (Å²) in [6.45, 7) is 13.9. The molecule has 0 radical (unpaired) electrons. The average molecular weight is 277 g/mol. The van der Waals surface area contributed by atoms with E-state index in [0.29, 0.717) is 6.04 Å². The minimum absolute atomic E-state index is 0.662. The van der Waals surface area contributed by atoms with Crippen LogP contribution in [-0.4, -0.2) is 24.0 Å². The number of rotatable bonds is 9. The van der Waals surface area contributed by atoms with E-state index in [1.807, 2.05) is 0 Å². The van der Waals surface area contributed by atoms with E-state index in [-0.39, 0.29) is 0 Å². The number of allylic oxidation sites excluding steroid dienone is 3. The Morgan fingerprint density at radius 3 is 2.45 bits per heavy atom. The monoisotopic (exact) mass is 277 g/mol. The molecule has 0 saturated heterocycles. The van der Waals surface area contributed by atoms with E-state index in [1.54, 1.807) is 5.57 Å². The molecular formula is C19H35N. The molecule has 1 aliphatic carbocycles. The minimum Gasteiger partial charge on any atom is -0.301 e. The van der Waals surface area contributed by atoms with Gasteiger partial charge in [0.05, 0.1) is 0 Å². The van der Waals surface area contributed by atoms with Crippen LogP contribution in [0, 0.1) is 11.8 Å². The van der Waals surface area contributed by atoms with Crippen molar-refractivity contribution in [2.75, 3.05) is 13.1 Å². The maximum atomic E-state index is 2.57. The summed E-state index contributed by atoms with van der Waals surface area (Å²) in [5.74, 6) is 1.57. The Morgan fingerprint density at radius 1 is 1.20 bits per heavy atom. The molecule has 1 heteroatoms. The fourth-order valence-electron chi connectivity index (χ4n) is 2.92. The van der Waals surface area contributed by atoms with Crippen molar-refractivity contribution >= 4 is 0 Å². The molecule has 1 unspecified atom stereocenters. The molecule has 0 N–H and O–H groups in total. The third kappa shape index (κ3) is 6.74. The number of unbranched alkanes of at least 4 members (excludes halogenated alkanes) is 1. The maximum absolute atomic E-state index is 2.57. The third-order valence-electron chi connectivity index (χ3n) is 4.37. The SMILES string of the molecule is CCN(CC1C=CC(CCCCC(C)C)=CC1)C(C)C. The summed E-state index contributed by atoms with van der Waals surface area (Å²) < 4.78 is 0. The molecule has 0 aromatic heterocycles. The fraction of sp³-hybridized carbons (Fsp3) is 0.789. The van der Waals surface area contributed by atoms with Gasteiger partial charge in [-0.1, -0.05) is 57.4 Å². The summed E-state index contributed by atoms with van der Waals surface area (Å²) >= 11 is 0. The van der Waals surface area contributed by atoms with E-state index in [2.05, 4.69) is 57.7 Å². The Balaban J connectivity index is 2.26. The van der Waals surface area contributed by atoms with Gasteiger partial charge in [-0.25, -0.2) is 0 Å². The van der Waals surface area contributed by atoms with Crippen LogP contribution in [0.1, 0.15) is 66.7 Å². The lowest BCUT2D eigenvalue weighted by atomic mass is 9.93. The molecule has 1 aliphatic rings. The van der Waals surface area contributed by atoms with Crippen LogP contribution < -0.4 is 0 Å². The Kier molecular flexibility index (Phi) is 8.21. The fourth-order valence-corrected chi connectivity index (χ4v) is 2.92. The van der Waals surface area contributed by atoms with Gasteiger partial charge < -0.3 is 4.90 Å². The van der Waals surface area contributed by atoms with Crippen molar-refractivity contribution in [3.05, 3.63) is 23.8 Å². The van der Waals surface area contributed by atoms with Gasteiger partial charge in [-0.15, -0.1) is 0 Å². The highest BCUT2D eigenvalue weighted by molar-refractivity contribution is 5.23. The first-order valence-corrected chi connectivity index (χ1v) is 8.64. The highest BCUT2D eigenvalue weighted by Gasteiger charge is 2.14. The molecule has 116 valence electrons. The lowest BCUT2D eigenvalue weighted by Crippen LogP contribution is -2.34. The van der Waals surface area contributed by atoms with Gasteiger partial charge in [0.2, 0.25) is 0 Å². The van der Waals surface area contributed by atoms with Crippen molar-refractivity contribution in [2.45, 2.75) is 72.8 Å². The smallest absolute Gasteiger partial charge is 0.00500 e. The summed E-state index contributed by atoms with van der Waals surface area (Å²) in [6.07, 6.45) is 13.9. The van der Waals surface area contributed by atoms with Crippen LogP contribution in [0.2, 0.25) is 0 Å². The van der Waals surface area contributed by atoms with Gasteiger partial charge >= 0.3 is 0 Å². The van der Waals surface area contributed by atoms with Crippen molar-refractivity contribution in [3.8, 4) is 0 Å². The molecule has 0 fully saturated rings. The second kappa shape index (κ2) is 9.39. The van der Waals surface area contributed by atoms with Crippen LogP contribution in [0.15, 0.2) is 23.8 Å². The first-order valence-electron chi connectivity index (χ1n) is 8.64. The molecule has 0 spiro atoms. The van der Waals surface area contributed by atoms with Gasteiger partial charge in [-0.3, -0.25) is 0 Å². The standard InChI is InChI=1S/C19H35N/c1-6-20(17(4)5)15-19-13-11-18(12-14-19)10-8-7-9-16(2)3/h11-13,16-17,19H,6-10,14-15H2,1-5H3. The summed E-state index contributed by atoms with van der Waals surface area (Å²) in [4.78, 5) is 2.57. The van der Waals surface area contributed by atoms with Gasteiger partial charge in [-0.2, -0.15) is 0 Å². The van der Waals surface area contributed by atoms with E-state index in [9.17, 15) is 0 Å². The molecule has 20 heavy (non-hydrogen) atoms. The average Bonchev–Trinajstić information content (AvgIpc) is 2.41. The normalized spacial score (nSPS) is 19.2. The molecule has 0 aromatic carbocycles. The first-order chi connectivity index (χ1) is 9.52. The van der Waals surface area contributed by atoms with Gasteiger partial charge in [0.25, 0.3) is 0 Å². The van der Waals surface area contributed by atoms with Crippen molar-refractivity contribution in [1.82, 2.24) is 4.90 Å². The number of hydrogen-bond acceptors (Lipinski definition) is 1. The van der Waals surface area contributed by atoms with Gasteiger partial charge in [-0.05, 0) is 51.5 Å². The van der Waals surface area contributed by atoms with Gasteiger partial charge in [0.1, 0.15) is 0 Å².